The molecule has 0 spiro atoms. The fourth-order valence-corrected chi connectivity index (χ4v) is 1.59. The van der Waals surface area contributed by atoms with Gasteiger partial charge in [0, 0.05) is 12.2 Å². The Morgan fingerprint density at radius 1 is 1.44 bits per heavy atom. The van der Waals surface area contributed by atoms with Crippen molar-refractivity contribution >= 4 is 23.1 Å². The van der Waals surface area contributed by atoms with E-state index in [2.05, 4.69) is 15.3 Å². The highest BCUT2D eigenvalue weighted by molar-refractivity contribution is 6.32. The molecule has 0 amide bonds. The number of nitrogens with one attached hydrogen (secondary N) is 1. The molecule has 1 heterocycles. The van der Waals surface area contributed by atoms with Crippen LogP contribution in [0.25, 0.3) is 0 Å². The molecule has 2 aromatic rings. The lowest BCUT2D eigenvalue weighted by Gasteiger charge is -2.09. The van der Waals surface area contributed by atoms with Crippen LogP contribution >= 0.6 is 11.6 Å². The number of anilines is 2. The summed E-state index contributed by atoms with van der Waals surface area (Å²) in [6, 6.07) is 7.97. The first kappa shape index (κ1) is 12.6. The van der Waals surface area contributed by atoms with Crippen LogP contribution in [0.2, 0.25) is 5.02 Å². The summed E-state index contributed by atoms with van der Waals surface area (Å²) < 4.78 is 4.95. The molecule has 18 heavy (non-hydrogen) atoms. The van der Waals surface area contributed by atoms with Gasteiger partial charge in [-0.25, -0.2) is 4.98 Å². The van der Waals surface area contributed by atoms with Crippen molar-refractivity contribution in [3.05, 3.63) is 41.0 Å². The number of hydrogen-bond donors (Lipinski definition) is 2. The first-order valence-electron chi connectivity index (χ1n) is 5.35. The Hall–Kier alpha value is -1.85. The molecule has 3 N–H and O–H groups in total. The van der Waals surface area contributed by atoms with Gasteiger partial charge >= 0.3 is 6.01 Å². The number of nitrogens with zero attached hydrogens (tertiary/aromatic N) is 2. The van der Waals surface area contributed by atoms with Crippen LogP contribution in [-0.2, 0) is 6.54 Å². The lowest BCUT2D eigenvalue weighted by atomic mass is 10.2. The van der Waals surface area contributed by atoms with E-state index in [9.17, 15) is 0 Å². The zero-order valence-electron chi connectivity index (χ0n) is 9.85. The van der Waals surface area contributed by atoms with Crippen LogP contribution < -0.4 is 15.8 Å². The molecule has 1 aromatic carbocycles. The summed E-state index contributed by atoms with van der Waals surface area (Å²) in [6.07, 6.45) is 1.49. The summed E-state index contributed by atoms with van der Waals surface area (Å²) in [5.41, 5.74) is 7.47. The van der Waals surface area contributed by atoms with Crippen molar-refractivity contribution in [1.29, 1.82) is 0 Å². The zero-order valence-corrected chi connectivity index (χ0v) is 10.6. The number of methoxy groups -OCH3 is 1. The van der Waals surface area contributed by atoms with Gasteiger partial charge in [0.1, 0.15) is 5.02 Å². The van der Waals surface area contributed by atoms with E-state index in [-0.39, 0.29) is 6.01 Å². The highest BCUT2D eigenvalue weighted by Gasteiger charge is 2.06. The predicted octanol–water partition coefficient (Wildman–Crippen LogP) is 2.34. The highest BCUT2D eigenvalue weighted by Crippen LogP contribution is 2.24. The average Bonchev–Trinajstić information content (AvgIpc) is 2.41. The van der Waals surface area contributed by atoms with E-state index in [0.29, 0.717) is 17.4 Å². The molecule has 0 saturated heterocycles. The highest BCUT2D eigenvalue weighted by atomic mass is 35.5. The Bertz CT molecular complexity index is 547. The van der Waals surface area contributed by atoms with E-state index in [1.54, 1.807) is 0 Å². The summed E-state index contributed by atoms with van der Waals surface area (Å²) in [5, 5.41) is 3.53. The first-order valence-corrected chi connectivity index (χ1v) is 5.73. The number of nitrogens with two attached hydrogens (primary N) is 1. The molecule has 0 radical (unpaired) electrons. The van der Waals surface area contributed by atoms with Gasteiger partial charge in [0.15, 0.2) is 5.82 Å². The van der Waals surface area contributed by atoms with Gasteiger partial charge in [-0.05, 0) is 17.7 Å². The number of ether oxygens (including phenoxy) is 1. The Labute approximate surface area is 110 Å². The van der Waals surface area contributed by atoms with Gasteiger partial charge in [0.05, 0.1) is 13.3 Å². The minimum atomic E-state index is 0.261. The van der Waals surface area contributed by atoms with E-state index in [1.165, 1.54) is 13.3 Å². The molecule has 0 bridgehead atoms. The van der Waals surface area contributed by atoms with Crippen LogP contribution in [0, 0.1) is 0 Å². The molecule has 0 aliphatic carbocycles. The Balaban J connectivity index is 2.27. The van der Waals surface area contributed by atoms with Crippen LogP contribution in [0.15, 0.2) is 30.5 Å². The molecular weight excluding hydrogens is 252 g/mol. The van der Waals surface area contributed by atoms with Crippen molar-refractivity contribution in [2.24, 2.45) is 5.73 Å². The van der Waals surface area contributed by atoms with E-state index in [4.69, 9.17) is 22.1 Å². The summed E-state index contributed by atoms with van der Waals surface area (Å²) in [7, 11) is 1.50. The van der Waals surface area contributed by atoms with Crippen LogP contribution in [0.4, 0.5) is 11.5 Å². The van der Waals surface area contributed by atoms with Crippen molar-refractivity contribution in [2.75, 3.05) is 12.4 Å². The molecular formula is C12H13ClN4O. The van der Waals surface area contributed by atoms with E-state index in [1.807, 2.05) is 24.3 Å². The van der Waals surface area contributed by atoms with Crippen molar-refractivity contribution in [1.82, 2.24) is 9.97 Å². The fraction of sp³-hybridized carbons (Fsp3) is 0.167. The largest absolute Gasteiger partial charge is 0.467 e. The van der Waals surface area contributed by atoms with E-state index >= 15 is 0 Å². The fourth-order valence-electron chi connectivity index (χ4n) is 1.45. The Kier molecular flexibility index (Phi) is 3.96. The van der Waals surface area contributed by atoms with Gasteiger partial charge in [-0.15, -0.1) is 0 Å². The normalized spacial score (nSPS) is 10.2. The third-order valence-electron chi connectivity index (χ3n) is 2.33. The van der Waals surface area contributed by atoms with Gasteiger partial charge in [0.25, 0.3) is 0 Å². The monoisotopic (exact) mass is 264 g/mol. The number of benzene rings is 1. The smallest absolute Gasteiger partial charge is 0.318 e. The lowest BCUT2D eigenvalue weighted by molar-refractivity contribution is 0.380. The second-order valence-electron chi connectivity index (χ2n) is 3.58. The SMILES string of the molecule is COc1ncc(Cl)c(Nc2cccc(CN)c2)n1. The van der Waals surface area contributed by atoms with Crippen LogP contribution in [-0.4, -0.2) is 17.1 Å². The number of rotatable bonds is 4. The van der Waals surface area contributed by atoms with Crippen molar-refractivity contribution < 1.29 is 4.74 Å². The molecule has 0 aliphatic rings. The quantitative estimate of drug-likeness (QED) is 0.887. The summed E-state index contributed by atoms with van der Waals surface area (Å²) in [4.78, 5) is 8.04. The molecule has 0 unspecified atom stereocenters. The average molecular weight is 265 g/mol. The second-order valence-corrected chi connectivity index (χ2v) is 3.99. The summed E-state index contributed by atoms with van der Waals surface area (Å²) >= 11 is 6.01. The van der Waals surface area contributed by atoms with Gasteiger partial charge in [-0.2, -0.15) is 4.98 Å². The molecule has 1 aromatic heterocycles. The molecule has 0 saturated carbocycles. The third kappa shape index (κ3) is 2.88. The van der Waals surface area contributed by atoms with Gasteiger partial charge in [-0.1, -0.05) is 23.7 Å². The van der Waals surface area contributed by atoms with Gasteiger partial charge in [-0.3, -0.25) is 0 Å². The molecule has 0 aliphatic heterocycles. The third-order valence-corrected chi connectivity index (χ3v) is 2.61. The number of aromatic nitrogens is 2. The maximum Gasteiger partial charge on any atom is 0.318 e. The molecule has 6 heteroatoms. The second kappa shape index (κ2) is 5.66. The van der Waals surface area contributed by atoms with Crippen molar-refractivity contribution in [2.45, 2.75) is 6.54 Å². The maximum absolute atomic E-state index is 6.01. The lowest BCUT2D eigenvalue weighted by Crippen LogP contribution is -2.00. The minimum absolute atomic E-state index is 0.261. The summed E-state index contributed by atoms with van der Waals surface area (Å²) in [5.74, 6) is 0.498. The van der Waals surface area contributed by atoms with Crippen molar-refractivity contribution in [3.63, 3.8) is 0 Å². The van der Waals surface area contributed by atoms with E-state index < -0.39 is 0 Å². The predicted molar refractivity (Wildman–Crippen MR) is 71.2 cm³/mol. The van der Waals surface area contributed by atoms with Crippen molar-refractivity contribution in [3.8, 4) is 6.01 Å². The van der Waals surface area contributed by atoms with E-state index in [0.717, 1.165) is 11.3 Å². The molecule has 94 valence electrons. The summed E-state index contributed by atoms with van der Waals surface area (Å²) in [6.45, 7) is 0.482. The van der Waals surface area contributed by atoms with Gasteiger partial charge in [0.2, 0.25) is 0 Å². The minimum Gasteiger partial charge on any atom is -0.467 e. The topological polar surface area (TPSA) is 73.1 Å². The Morgan fingerprint density at radius 2 is 2.28 bits per heavy atom. The molecule has 0 atom stereocenters. The Morgan fingerprint density at radius 3 is 3.00 bits per heavy atom. The standard InChI is InChI=1S/C12H13ClN4O/c1-18-12-15-7-10(13)11(17-12)16-9-4-2-3-8(5-9)6-14/h2-5,7H,6,14H2,1H3,(H,15,16,17). The molecule has 2 rings (SSSR count). The van der Waals surface area contributed by atoms with Crippen LogP contribution in [0.5, 0.6) is 6.01 Å². The van der Waals surface area contributed by atoms with Gasteiger partial charge < -0.3 is 15.8 Å². The molecule has 5 nitrogen and oxygen atoms in total. The number of halogens is 1. The first-order chi connectivity index (χ1) is 8.72. The van der Waals surface area contributed by atoms with Crippen LogP contribution in [0.1, 0.15) is 5.56 Å². The molecule has 0 fully saturated rings. The van der Waals surface area contributed by atoms with Crippen LogP contribution in [0.3, 0.4) is 0 Å². The maximum atomic E-state index is 6.01. The number of hydrogen-bond acceptors (Lipinski definition) is 5. The zero-order chi connectivity index (χ0) is 13.0.